The fourth-order valence-corrected chi connectivity index (χ4v) is 4.55. The SMILES string of the molecule is COc1cc2c(cc1OC)NC(=O)N(CCCN(C)CCCSc1ccccc1)CC2. The summed E-state index contributed by atoms with van der Waals surface area (Å²) >= 11 is 1.91. The minimum atomic E-state index is -0.0483. The van der Waals surface area contributed by atoms with Gasteiger partial charge in [0.05, 0.1) is 14.2 Å². The standard InChI is InChI=1S/C24H33N3O3S/c1-26(13-8-16-31-20-9-5-4-6-10-20)12-7-14-27-15-11-19-17-22(29-2)23(30-3)18-21(19)25-24(27)28/h4-6,9-10,17-18H,7-8,11-16H2,1-3H3,(H,25,28). The molecule has 31 heavy (non-hydrogen) atoms. The summed E-state index contributed by atoms with van der Waals surface area (Å²) in [6.45, 7) is 3.49. The first-order valence-corrected chi connectivity index (χ1v) is 11.8. The van der Waals surface area contributed by atoms with Gasteiger partial charge in [-0.2, -0.15) is 0 Å². The van der Waals surface area contributed by atoms with Crippen LogP contribution in [0, 0.1) is 0 Å². The molecule has 2 aromatic rings. The fraction of sp³-hybridized carbons (Fsp3) is 0.458. The lowest BCUT2D eigenvalue weighted by Gasteiger charge is -2.22. The van der Waals surface area contributed by atoms with Crippen LogP contribution < -0.4 is 14.8 Å². The Labute approximate surface area is 189 Å². The molecule has 7 heteroatoms. The van der Waals surface area contributed by atoms with Crippen molar-refractivity contribution in [1.29, 1.82) is 0 Å². The molecule has 0 bridgehead atoms. The molecule has 1 aliphatic heterocycles. The topological polar surface area (TPSA) is 54.0 Å². The summed E-state index contributed by atoms with van der Waals surface area (Å²) in [5.41, 5.74) is 1.87. The molecule has 1 heterocycles. The third-order valence-corrected chi connectivity index (χ3v) is 6.55. The predicted octanol–water partition coefficient (Wildman–Crippen LogP) is 4.60. The Hall–Kier alpha value is -2.38. The van der Waals surface area contributed by atoms with Crippen LogP contribution in [0.1, 0.15) is 18.4 Å². The molecular formula is C24H33N3O3S. The zero-order valence-electron chi connectivity index (χ0n) is 18.7. The van der Waals surface area contributed by atoms with E-state index in [4.69, 9.17) is 9.47 Å². The number of methoxy groups -OCH3 is 2. The maximum Gasteiger partial charge on any atom is 0.321 e. The lowest BCUT2D eigenvalue weighted by atomic mass is 10.1. The van der Waals surface area contributed by atoms with Crippen molar-refractivity contribution >= 4 is 23.5 Å². The van der Waals surface area contributed by atoms with Crippen molar-refractivity contribution in [3.05, 3.63) is 48.0 Å². The third-order valence-electron chi connectivity index (χ3n) is 5.45. The average Bonchev–Trinajstić information content (AvgIpc) is 2.94. The molecule has 2 amide bonds. The maximum atomic E-state index is 12.7. The number of ether oxygens (including phenoxy) is 2. The molecule has 3 rings (SSSR count). The highest BCUT2D eigenvalue weighted by Gasteiger charge is 2.22. The number of hydrogen-bond donors (Lipinski definition) is 1. The van der Waals surface area contributed by atoms with Crippen molar-refractivity contribution in [2.45, 2.75) is 24.2 Å². The van der Waals surface area contributed by atoms with Gasteiger partial charge in [0.25, 0.3) is 0 Å². The van der Waals surface area contributed by atoms with Gasteiger partial charge in [0, 0.05) is 29.7 Å². The second kappa shape index (κ2) is 11.9. The second-order valence-corrected chi connectivity index (χ2v) is 8.87. The zero-order chi connectivity index (χ0) is 22.1. The summed E-state index contributed by atoms with van der Waals surface area (Å²) in [5, 5.41) is 3.03. The number of nitrogens with zero attached hydrogens (tertiary/aromatic N) is 2. The minimum absolute atomic E-state index is 0.0483. The number of carbonyl (C=O) groups excluding carboxylic acids is 1. The van der Waals surface area contributed by atoms with E-state index < -0.39 is 0 Å². The van der Waals surface area contributed by atoms with Gasteiger partial charge in [-0.1, -0.05) is 18.2 Å². The van der Waals surface area contributed by atoms with Crippen LogP contribution in [0.15, 0.2) is 47.4 Å². The van der Waals surface area contributed by atoms with Gasteiger partial charge in [-0.05, 0) is 68.9 Å². The number of anilines is 1. The van der Waals surface area contributed by atoms with E-state index in [0.29, 0.717) is 18.0 Å². The van der Waals surface area contributed by atoms with E-state index in [1.54, 1.807) is 14.2 Å². The molecule has 6 nitrogen and oxygen atoms in total. The Balaban J connectivity index is 1.40. The Bertz CT molecular complexity index is 847. The highest BCUT2D eigenvalue weighted by atomic mass is 32.2. The van der Waals surface area contributed by atoms with E-state index in [0.717, 1.165) is 55.9 Å². The molecule has 0 radical (unpaired) electrons. The molecule has 0 fully saturated rings. The van der Waals surface area contributed by atoms with E-state index >= 15 is 0 Å². The van der Waals surface area contributed by atoms with Gasteiger partial charge in [-0.15, -0.1) is 11.8 Å². The Kier molecular flexibility index (Phi) is 8.91. The number of carbonyl (C=O) groups is 1. The van der Waals surface area contributed by atoms with Crippen LogP contribution in [0.25, 0.3) is 0 Å². The lowest BCUT2D eigenvalue weighted by Crippen LogP contribution is -2.36. The maximum absolute atomic E-state index is 12.7. The van der Waals surface area contributed by atoms with Gasteiger partial charge < -0.3 is 24.6 Å². The molecule has 0 aliphatic carbocycles. The molecule has 0 spiro atoms. The predicted molar refractivity (Wildman–Crippen MR) is 128 cm³/mol. The normalized spacial score (nSPS) is 13.5. The number of amides is 2. The highest BCUT2D eigenvalue weighted by Crippen LogP contribution is 2.34. The van der Waals surface area contributed by atoms with Crippen LogP contribution in [0.3, 0.4) is 0 Å². The number of rotatable bonds is 11. The van der Waals surface area contributed by atoms with Crippen LogP contribution in [0.2, 0.25) is 0 Å². The first kappa shape index (κ1) is 23.3. The molecule has 0 saturated carbocycles. The first-order valence-electron chi connectivity index (χ1n) is 10.8. The number of urea groups is 1. The summed E-state index contributed by atoms with van der Waals surface area (Å²) in [7, 11) is 5.39. The number of benzene rings is 2. The quantitative estimate of drug-likeness (QED) is 0.406. The Morgan fingerprint density at radius 3 is 2.52 bits per heavy atom. The molecule has 0 saturated heterocycles. The van der Waals surface area contributed by atoms with Crippen molar-refractivity contribution in [2.75, 3.05) is 58.5 Å². The van der Waals surface area contributed by atoms with Gasteiger partial charge in [0.2, 0.25) is 0 Å². The van der Waals surface area contributed by atoms with Gasteiger partial charge >= 0.3 is 6.03 Å². The van der Waals surface area contributed by atoms with Gasteiger partial charge in [0.1, 0.15) is 0 Å². The lowest BCUT2D eigenvalue weighted by molar-refractivity contribution is 0.208. The molecule has 0 atom stereocenters. The summed E-state index contributed by atoms with van der Waals surface area (Å²) in [6.07, 6.45) is 2.90. The van der Waals surface area contributed by atoms with Crippen LogP contribution >= 0.6 is 11.8 Å². The van der Waals surface area contributed by atoms with Crippen LogP contribution in [0.5, 0.6) is 11.5 Å². The summed E-state index contributed by atoms with van der Waals surface area (Å²) in [4.78, 5) is 18.3. The van der Waals surface area contributed by atoms with E-state index in [9.17, 15) is 4.79 Å². The van der Waals surface area contributed by atoms with Crippen molar-refractivity contribution in [3.63, 3.8) is 0 Å². The largest absolute Gasteiger partial charge is 0.493 e. The monoisotopic (exact) mass is 443 g/mol. The number of thioether (sulfide) groups is 1. The summed E-state index contributed by atoms with van der Waals surface area (Å²) in [5.74, 6) is 2.44. The highest BCUT2D eigenvalue weighted by molar-refractivity contribution is 7.99. The van der Waals surface area contributed by atoms with Crippen molar-refractivity contribution in [2.24, 2.45) is 0 Å². The smallest absolute Gasteiger partial charge is 0.321 e. The third kappa shape index (κ3) is 6.80. The molecule has 1 aliphatic rings. The number of nitrogens with one attached hydrogen (secondary N) is 1. The van der Waals surface area contributed by atoms with Crippen molar-refractivity contribution in [1.82, 2.24) is 9.80 Å². The first-order chi connectivity index (χ1) is 15.1. The van der Waals surface area contributed by atoms with Crippen molar-refractivity contribution in [3.8, 4) is 11.5 Å². The second-order valence-electron chi connectivity index (χ2n) is 7.70. The van der Waals surface area contributed by atoms with Gasteiger partial charge in [-0.25, -0.2) is 4.79 Å². The van der Waals surface area contributed by atoms with Crippen LogP contribution in [0.4, 0.5) is 10.5 Å². The van der Waals surface area contributed by atoms with E-state index in [2.05, 4.69) is 47.6 Å². The minimum Gasteiger partial charge on any atom is -0.493 e. The van der Waals surface area contributed by atoms with Crippen LogP contribution in [-0.2, 0) is 6.42 Å². The molecule has 2 aromatic carbocycles. The average molecular weight is 444 g/mol. The van der Waals surface area contributed by atoms with Gasteiger partial charge in [0.15, 0.2) is 11.5 Å². The summed E-state index contributed by atoms with van der Waals surface area (Å²) < 4.78 is 10.8. The summed E-state index contributed by atoms with van der Waals surface area (Å²) in [6, 6.07) is 14.3. The fourth-order valence-electron chi connectivity index (χ4n) is 3.69. The molecular weight excluding hydrogens is 410 g/mol. The van der Waals surface area contributed by atoms with E-state index in [-0.39, 0.29) is 6.03 Å². The van der Waals surface area contributed by atoms with Gasteiger partial charge in [-0.3, -0.25) is 0 Å². The van der Waals surface area contributed by atoms with Crippen LogP contribution in [-0.4, -0.2) is 69.0 Å². The number of hydrogen-bond acceptors (Lipinski definition) is 5. The zero-order valence-corrected chi connectivity index (χ0v) is 19.5. The molecule has 1 N–H and O–H groups in total. The molecule has 0 aromatic heterocycles. The Morgan fingerprint density at radius 2 is 1.77 bits per heavy atom. The molecule has 168 valence electrons. The Morgan fingerprint density at radius 1 is 1.06 bits per heavy atom. The van der Waals surface area contributed by atoms with Crippen molar-refractivity contribution < 1.29 is 14.3 Å². The van der Waals surface area contributed by atoms with E-state index in [1.807, 2.05) is 28.8 Å². The van der Waals surface area contributed by atoms with E-state index in [1.165, 1.54) is 4.90 Å². The molecule has 0 unspecified atom stereocenters. The number of fused-ring (bicyclic) bond motifs is 1.